The molecule has 1 aliphatic rings. The summed E-state index contributed by atoms with van der Waals surface area (Å²) in [5.41, 5.74) is 6.50. The summed E-state index contributed by atoms with van der Waals surface area (Å²) in [7, 11) is 1.79. The highest BCUT2D eigenvalue weighted by molar-refractivity contribution is 5.81. The molecule has 0 aliphatic heterocycles. The van der Waals surface area contributed by atoms with Crippen LogP contribution in [-0.2, 0) is 18.3 Å². The van der Waals surface area contributed by atoms with Crippen LogP contribution in [0.2, 0.25) is 0 Å². The quantitative estimate of drug-likeness (QED) is 0.767. The van der Waals surface area contributed by atoms with Crippen LogP contribution < -0.4 is 5.73 Å². The van der Waals surface area contributed by atoms with Gasteiger partial charge in [0, 0.05) is 25.2 Å². The SMILES string of the molecule is Cn1cc(CC(=O)CC2(N)CCC2)nn1. The minimum Gasteiger partial charge on any atom is -0.325 e. The smallest absolute Gasteiger partial charge is 0.140 e. The Bertz CT molecular complexity index is 367. The molecule has 1 aliphatic carbocycles. The van der Waals surface area contributed by atoms with Gasteiger partial charge in [-0.2, -0.15) is 0 Å². The van der Waals surface area contributed by atoms with Crippen LogP contribution in [0.1, 0.15) is 31.4 Å². The summed E-state index contributed by atoms with van der Waals surface area (Å²) in [5.74, 6) is 0.165. The number of ketones is 1. The topological polar surface area (TPSA) is 73.8 Å². The van der Waals surface area contributed by atoms with Crippen molar-refractivity contribution in [3.63, 3.8) is 0 Å². The molecule has 1 saturated carbocycles. The van der Waals surface area contributed by atoms with Crippen molar-refractivity contribution < 1.29 is 4.79 Å². The molecule has 1 heterocycles. The highest BCUT2D eigenvalue weighted by Crippen LogP contribution is 2.32. The monoisotopic (exact) mass is 208 g/mol. The van der Waals surface area contributed by atoms with Crippen LogP contribution in [0.25, 0.3) is 0 Å². The zero-order valence-electron chi connectivity index (χ0n) is 8.94. The van der Waals surface area contributed by atoms with Crippen molar-refractivity contribution >= 4 is 5.78 Å². The van der Waals surface area contributed by atoms with Crippen LogP contribution in [0.15, 0.2) is 6.20 Å². The molecule has 1 fully saturated rings. The molecule has 82 valence electrons. The fourth-order valence-electron chi connectivity index (χ4n) is 1.94. The van der Waals surface area contributed by atoms with Crippen molar-refractivity contribution in [1.82, 2.24) is 15.0 Å². The van der Waals surface area contributed by atoms with Gasteiger partial charge in [0.15, 0.2) is 0 Å². The van der Waals surface area contributed by atoms with E-state index in [9.17, 15) is 4.79 Å². The lowest BCUT2D eigenvalue weighted by molar-refractivity contribution is -0.120. The van der Waals surface area contributed by atoms with Gasteiger partial charge in [0.1, 0.15) is 5.78 Å². The summed E-state index contributed by atoms with van der Waals surface area (Å²) in [4.78, 5) is 11.7. The zero-order chi connectivity index (χ0) is 10.9. The predicted molar refractivity (Wildman–Crippen MR) is 55.1 cm³/mol. The Morgan fingerprint density at radius 1 is 1.67 bits per heavy atom. The Hall–Kier alpha value is -1.23. The second kappa shape index (κ2) is 3.73. The number of Topliss-reactive ketones (excluding diaryl/α,β-unsaturated/α-hetero) is 1. The molecule has 0 bridgehead atoms. The van der Waals surface area contributed by atoms with Gasteiger partial charge < -0.3 is 5.73 Å². The Labute approximate surface area is 88.6 Å². The Balaban J connectivity index is 1.87. The van der Waals surface area contributed by atoms with Gasteiger partial charge in [0.05, 0.1) is 12.1 Å². The first kappa shape index (κ1) is 10.3. The standard InChI is InChI=1S/C10H16N4O/c1-14-7-8(12-13-14)5-9(15)6-10(11)3-2-4-10/h7H,2-6,11H2,1H3. The fraction of sp³-hybridized carbons (Fsp3) is 0.700. The molecular weight excluding hydrogens is 192 g/mol. The lowest BCUT2D eigenvalue weighted by Crippen LogP contribution is -2.48. The van der Waals surface area contributed by atoms with Crippen LogP contribution in [0.4, 0.5) is 0 Å². The van der Waals surface area contributed by atoms with Crippen molar-refractivity contribution in [2.45, 2.75) is 37.6 Å². The average Bonchev–Trinajstić information content (AvgIpc) is 2.48. The highest BCUT2D eigenvalue weighted by Gasteiger charge is 2.34. The van der Waals surface area contributed by atoms with Crippen LogP contribution in [0.3, 0.4) is 0 Å². The van der Waals surface area contributed by atoms with Crippen molar-refractivity contribution in [3.8, 4) is 0 Å². The van der Waals surface area contributed by atoms with Crippen LogP contribution in [0.5, 0.6) is 0 Å². The van der Waals surface area contributed by atoms with Gasteiger partial charge in [-0.15, -0.1) is 5.10 Å². The third-order valence-electron chi connectivity index (χ3n) is 2.93. The summed E-state index contributed by atoms with van der Waals surface area (Å²) in [6, 6.07) is 0. The molecule has 0 atom stereocenters. The summed E-state index contributed by atoms with van der Waals surface area (Å²) in [6.45, 7) is 0. The first-order valence-electron chi connectivity index (χ1n) is 5.23. The van der Waals surface area contributed by atoms with E-state index in [0.29, 0.717) is 12.8 Å². The normalized spacial score (nSPS) is 18.5. The van der Waals surface area contributed by atoms with Gasteiger partial charge in [0.25, 0.3) is 0 Å². The number of nitrogens with two attached hydrogens (primary N) is 1. The molecule has 0 radical (unpaired) electrons. The number of hydrogen-bond donors (Lipinski definition) is 1. The largest absolute Gasteiger partial charge is 0.325 e. The van der Waals surface area contributed by atoms with E-state index >= 15 is 0 Å². The molecule has 5 heteroatoms. The lowest BCUT2D eigenvalue weighted by Gasteiger charge is -2.37. The molecule has 2 N–H and O–H groups in total. The number of aryl methyl sites for hydroxylation is 1. The Morgan fingerprint density at radius 2 is 2.40 bits per heavy atom. The molecule has 5 nitrogen and oxygen atoms in total. The number of nitrogens with zero attached hydrogens (tertiary/aromatic N) is 3. The predicted octanol–water partition coefficient (Wildman–Crippen LogP) is 0.198. The number of hydrogen-bond acceptors (Lipinski definition) is 4. The molecule has 0 saturated heterocycles. The molecule has 1 aromatic heterocycles. The second-order valence-corrected chi connectivity index (χ2v) is 4.49. The Morgan fingerprint density at radius 3 is 2.87 bits per heavy atom. The van der Waals surface area contributed by atoms with Gasteiger partial charge in [-0.05, 0) is 19.3 Å². The third-order valence-corrected chi connectivity index (χ3v) is 2.93. The molecule has 1 aromatic rings. The molecule has 0 amide bonds. The zero-order valence-corrected chi connectivity index (χ0v) is 8.94. The lowest BCUT2D eigenvalue weighted by atomic mass is 9.74. The van der Waals surface area contributed by atoms with E-state index in [1.807, 2.05) is 0 Å². The Kier molecular flexibility index (Phi) is 2.56. The maximum atomic E-state index is 11.7. The van der Waals surface area contributed by atoms with Crippen LogP contribution in [-0.4, -0.2) is 26.3 Å². The van der Waals surface area contributed by atoms with E-state index in [4.69, 9.17) is 5.73 Å². The van der Waals surface area contributed by atoms with Gasteiger partial charge in [0.2, 0.25) is 0 Å². The maximum absolute atomic E-state index is 11.7. The molecule has 0 unspecified atom stereocenters. The van der Waals surface area contributed by atoms with E-state index in [2.05, 4.69) is 10.3 Å². The fourth-order valence-corrected chi connectivity index (χ4v) is 1.94. The molecule has 0 spiro atoms. The minimum atomic E-state index is -0.223. The number of carbonyl (C=O) groups excluding carboxylic acids is 1. The number of aromatic nitrogens is 3. The van der Waals surface area contributed by atoms with Crippen molar-refractivity contribution in [1.29, 1.82) is 0 Å². The minimum absolute atomic E-state index is 0.165. The van der Waals surface area contributed by atoms with E-state index < -0.39 is 0 Å². The molecular formula is C10H16N4O. The van der Waals surface area contributed by atoms with Gasteiger partial charge in [-0.3, -0.25) is 9.48 Å². The average molecular weight is 208 g/mol. The van der Waals surface area contributed by atoms with E-state index in [1.54, 1.807) is 17.9 Å². The van der Waals surface area contributed by atoms with E-state index in [0.717, 1.165) is 25.0 Å². The van der Waals surface area contributed by atoms with E-state index in [1.165, 1.54) is 0 Å². The summed E-state index contributed by atoms with van der Waals surface area (Å²) < 4.78 is 1.60. The van der Waals surface area contributed by atoms with Gasteiger partial charge >= 0.3 is 0 Å². The molecule has 2 rings (SSSR count). The highest BCUT2D eigenvalue weighted by atomic mass is 16.1. The third kappa shape index (κ3) is 2.41. The van der Waals surface area contributed by atoms with Crippen LogP contribution >= 0.6 is 0 Å². The molecule has 15 heavy (non-hydrogen) atoms. The van der Waals surface area contributed by atoms with Crippen molar-refractivity contribution in [2.75, 3.05) is 0 Å². The van der Waals surface area contributed by atoms with E-state index in [-0.39, 0.29) is 11.3 Å². The maximum Gasteiger partial charge on any atom is 0.140 e. The van der Waals surface area contributed by atoms with Crippen LogP contribution in [0, 0.1) is 0 Å². The summed E-state index contributed by atoms with van der Waals surface area (Å²) >= 11 is 0. The van der Waals surface area contributed by atoms with Crippen molar-refractivity contribution in [3.05, 3.63) is 11.9 Å². The van der Waals surface area contributed by atoms with Crippen molar-refractivity contribution in [2.24, 2.45) is 12.8 Å². The number of rotatable bonds is 4. The second-order valence-electron chi connectivity index (χ2n) is 4.49. The summed E-state index contributed by atoms with van der Waals surface area (Å²) in [5, 5.41) is 7.66. The molecule has 0 aromatic carbocycles. The van der Waals surface area contributed by atoms with Gasteiger partial charge in [-0.1, -0.05) is 5.21 Å². The first-order chi connectivity index (χ1) is 7.07. The summed E-state index contributed by atoms with van der Waals surface area (Å²) in [6.07, 6.45) is 5.69. The first-order valence-corrected chi connectivity index (χ1v) is 5.23. The van der Waals surface area contributed by atoms with Gasteiger partial charge in [-0.25, -0.2) is 0 Å². The number of carbonyl (C=O) groups is 1.